The molecule has 1 fully saturated rings. The molecular formula is C21H23N3OS. The van der Waals surface area contributed by atoms with Crippen molar-refractivity contribution in [1.82, 2.24) is 4.90 Å². The van der Waals surface area contributed by atoms with Gasteiger partial charge in [0.25, 0.3) is 0 Å². The summed E-state index contributed by atoms with van der Waals surface area (Å²) in [6.07, 6.45) is 2.54. The standard InChI is InChI=1S/C21H23N3OS/c1-4-19-20(25)24(14-17-8-6-5-7-9-17)21(26-19)23-22-13-18-11-10-15(2)12-16(18)3/h5-13,19H,4,14H2,1-3H3/b22-13-,23-21+/t19-/m0/s1. The Morgan fingerprint density at radius 2 is 1.92 bits per heavy atom. The minimum atomic E-state index is -0.0752. The SMILES string of the molecule is CC[C@@H]1S/C(=N/N=C\c2ccc(C)cc2C)N(Cc2ccccc2)C1=O. The number of rotatable bonds is 5. The average Bonchev–Trinajstić information content (AvgIpc) is 2.93. The van der Waals surface area contributed by atoms with Gasteiger partial charge in [0.05, 0.1) is 18.0 Å². The van der Waals surface area contributed by atoms with Crippen molar-refractivity contribution in [3.63, 3.8) is 0 Å². The molecule has 1 aliphatic heterocycles. The van der Waals surface area contributed by atoms with Gasteiger partial charge < -0.3 is 0 Å². The largest absolute Gasteiger partial charge is 0.284 e. The van der Waals surface area contributed by atoms with Gasteiger partial charge in [-0.1, -0.05) is 72.8 Å². The molecule has 0 bridgehead atoms. The molecular weight excluding hydrogens is 342 g/mol. The van der Waals surface area contributed by atoms with Crippen molar-refractivity contribution in [3.05, 3.63) is 70.8 Å². The number of nitrogens with zero attached hydrogens (tertiary/aromatic N) is 3. The van der Waals surface area contributed by atoms with Gasteiger partial charge in [-0.05, 0) is 37.0 Å². The van der Waals surface area contributed by atoms with Crippen molar-refractivity contribution in [2.75, 3.05) is 0 Å². The smallest absolute Gasteiger partial charge is 0.242 e. The van der Waals surface area contributed by atoms with Gasteiger partial charge in [-0.15, -0.1) is 5.10 Å². The van der Waals surface area contributed by atoms with Crippen molar-refractivity contribution in [3.8, 4) is 0 Å². The van der Waals surface area contributed by atoms with E-state index in [4.69, 9.17) is 0 Å². The van der Waals surface area contributed by atoms with Crippen LogP contribution in [0.25, 0.3) is 0 Å². The van der Waals surface area contributed by atoms with Crippen LogP contribution in [-0.2, 0) is 11.3 Å². The molecule has 1 heterocycles. The summed E-state index contributed by atoms with van der Waals surface area (Å²) in [6.45, 7) is 6.69. The van der Waals surface area contributed by atoms with Crippen molar-refractivity contribution in [1.29, 1.82) is 0 Å². The molecule has 2 aromatic rings. The van der Waals surface area contributed by atoms with Crippen LogP contribution in [-0.4, -0.2) is 27.4 Å². The molecule has 0 spiro atoms. The van der Waals surface area contributed by atoms with Crippen LogP contribution < -0.4 is 0 Å². The highest BCUT2D eigenvalue weighted by molar-refractivity contribution is 8.15. The Labute approximate surface area is 159 Å². The molecule has 0 aromatic heterocycles. The summed E-state index contributed by atoms with van der Waals surface area (Å²) in [7, 11) is 0. The van der Waals surface area contributed by atoms with E-state index >= 15 is 0 Å². The third-order valence-electron chi connectivity index (χ3n) is 4.34. The second-order valence-corrected chi connectivity index (χ2v) is 7.58. The molecule has 3 rings (SSSR count). The van der Waals surface area contributed by atoms with E-state index in [0.717, 1.165) is 23.1 Å². The number of amidine groups is 1. The summed E-state index contributed by atoms with van der Waals surface area (Å²) in [6, 6.07) is 16.2. The molecule has 0 aliphatic carbocycles. The third-order valence-corrected chi connectivity index (χ3v) is 5.67. The first-order valence-corrected chi connectivity index (χ1v) is 9.66. The van der Waals surface area contributed by atoms with Crippen LogP contribution >= 0.6 is 11.8 Å². The topological polar surface area (TPSA) is 45.0 Å². The predicted molar refractivity (Wildman–Crippen MR) is 110 cm³/mol. The van der Waals surface area contributed by atoms with Gasteiger partial charge in [0.15, 0.2) is 5.17 Å². The van der Waals surface area contributed by atoms with Crippen LogP contribution in [0.1, 0.15) is 35.6 Å². The van der Waals surface area contributed by atoms with E-state index in [0.29, 0.717) is 11.7 Å². The minimum Gasteiger partial charge on any atom is -0.284 e. The Balaban J connectivity index is 1.81. The lowest BCUT2D eigenvalue weighted by atomic mass is 10.1. The van der Waals surface area contributed by atoms with E-state index in [-0.39, 0.29) is 11.2 Å². The average molecular weight is 366 g/mol. The van der Waals surface area contributed by atoms with Crippen LogP contribution in [0, 0.1) is 13.8 Å². The van der Waals surface area contributed by atoms with Gasteiger partial charge >= 0.3 is 0 Å². The Morgan fingerprint density at radius 3 is 2.62 bits per heavy atom. The molecule has 1 amide bonds. The van der Waals surface area contributed by atoms with E-state index < -0.39 is 0 Å². The lowest BCUT2D eigenvalue weighted by Gasteiger charge is -2.15. The highest BCUT2D eigenvalue weighted by Gasteiger charge is 2.36. The maximum atomic E-state index is 12.6. The molecule has 2 aromatic carbocycles. The zero-order valence-electron chi connectivity index (χ0n) is 15.3. The van der Waals surface area contributed by atoms with Gasteiger partial charge in [-0.25, -0.2) is 0 Å². The van der Waals surface area contributed by atoms with Gasteiger partial charge in [0, 0.05) is 0 Å². The van der Waals surface area contributed by atoms with Crippen molar-refractivity contribution in [2.24, 2.45) is 10.2 Å². The molecule has 134 valence electrons. The molecule has 5 heteroatoms. The predicted octanol–water partition coefficient (Wildman–Crippen LogP) is 4.55. The summed E-state index contributed by atoms with van der Waals surface area (Å²) >= 11 is 1.50. The van der Waals surface area contributed by atoms with Crippen LogP contribution in [0.5, 0.6) is 0 Å². The fourth-order valence-corrected chi connectivity index (χ4v) is 3.89. The van der Waals surface area contributed by atoms with Crippen LogP contribution in [0.2, 0.25) is 0 Å². The summed E-state index contributed by atoms with van der Waals surface area (Å²) < 4.78 is 0. The van der Waals surface area contributed by atoms with Crippen molar-refractivity contribution >= 4 is 29.1 Å². The second kappa shape index (κ2) is 8.32. The number of aryl methyl sites for hydroxylation is 2. The molecule has 0 unspecified atom stereocenters. The Hall–Kier alpha value is -2.40. The summed E-state index contributed by atoms with van der Waals surface area (Å²) in [5.74, 6) is 0.113. The highest BCUT2D eigenvalue weighted by atomic mass is 32.2. The Morgan fingerprint density at radius 1 is 1.15 bits per heavy atom. The summed E-state index contributed by atoms with van der Waals surface area (Å²) in [5, 5.41) is 9.22. The lowest BCUT2D eigenvalue weighted by molar-refractivity contribution is -0.126. The van der Waals surface area contributed by atoms with E-state index in [1.165, 1.54) is 17.3 Å². The molecule has 26 heavy (non-hydrogen) atoms. The van der Waals surface area contributed by atoms with Crippen molar-refractivity contribution in [2.45, 2.75) is 39.0 Å². The fraction of sp³-hybridized carbons (Fsp3) is 0.286. The number of benzene rings is 2. The van der Waals surface area contributed by atoms with Crippen molar-refractivity contribution < 1.29 is 4.79 Å². The number of hydrogen-bond donors (Lipinski definition) is 0. The number of thioether (sulfide) groups is 1. The number of carbonyl (C=O) groups is 1. The molecule has 0 saturated carbocycles. The van der Waals surface area contributed by atoms with E-state index in [1.807, 2.05) is 43.3 Å². The lowest BCUT2D eigenvalue weighted by Crippen LogP contribution is -2.31. The molecule has 1 aliphatic rings. The number of amides is 1. The first-order chi connectivity index (χ1) is 12.6. The maximum absolute atomic E-state index is 12.6. The summed E-state index contributed by atoms with van der Waals surface area (Å²) in [5.41, 5.74) is 4.51. The van der Waals surface area contributed by atoms with Crippen LogP contribution in [0.4, 0.5) is 0 Å². The second-order valence-electron chi connectivity index (χ2n) is 6.41. The Bertz CT molecular complexity index is 846. The minimum absolute atomic E-state index is 0.0752. The van der Waals surface area contributed by atoms with E-state index in [9.17, 15) is 4.79 Å². The van der Waals surface area contributed by atoms with Gasteiger partial charge in [-0.3, -0.25) is 9.69 Å². The normalized spacial score (nSPS) is 19.0. The third kappa shape index (κ3) is 4.22. The zero-order chi connectivity index (χ0) is 18.5. The van der Waals surface area contributed by atoms with Gasteiger partial charge in [0.1, 0.15) is 0 Å². The van der Waals surface area contributed by atoms with Crippen LogP contribution in [0.3, 0.4) is 0 Å². The molecule has 0 radical (unpaired) electrons. The first kappa shape index (κ1) is 18.4. The van der Waals surface area contributed by atoms with Gasteiger partial charge in [-0.2, -0.15) is 5.10 Å². The highest BCUT2D eigenvalue weighted by Crippen LogP contribution is 2.30. The quantitative estimate of drug-likeness (QED) is 0.576. The Kier molecular flexibility index (Phi) is 5.89. The fourth-order valence-electron chi connectivity index (χ4n) is 2.87. The van der Waals surface area contributed by atoms with Crippen LogP contribution in [0.15, 0.2) is 58.7 Å². The number of hydrogen-bond acceptors (Lipinski definition) is 4. The zero-order valence-corrected chi connectivity index (χ0v) is 16.2. The molecule has 4 nitrogen and oxygen atoms in total. The van der Waals surface area contributed by atoms with E-state index in [1.54, 1.807) is 11.1 Å². The first-order valence-electron chi connectivity index (χ1n) is 8.78. The summed E-state index contributed by atoms with van der Waals surface area (Å²) in [4.78, 5) is 14.4. The molecule has 1 atom stereocenters. The monoisotopic (exact) mass is 365 g/mol. The van der Waals surface area contributed by atoms with E-state index in [2.05, 4.69) is 36.2 Å². The molecule has 1 saturated heterocycles. The maximum Gasteiger partial charge on any atom is 0.242 e. The molecule has 0 N–H and O–H groups in total. The van der Waals surface area contributed by atoms with Gasteiger partial charge in [0.2, 0.25) is 5.91 Å². The number of carbonyl (C=O) groups excluding carboxylic acids is 1.